The van der Waals surface area contributed by atoms with Crippen LogP contribution in [0.3, 0.4) is 0 Å². The highest BCUT2D eigenvalue weighted by molar-refractivity contribution is 5.55. The Balaban J connectivity index is 1.89. The van der Waals surface area contributed by atoms with Crippen molar-refractivity contribution in [2.75, 3.05) is 56.0 Å². The third-order valence-corrected chi connectivity index (χ3v) is 3.53. The Hall–Kier alpha value is -1.26. The second kappa shape index (κ2) is 6.61. The third-order valence-electron chi connectivity index (χ3n) is 3.53. The van der Waals surface area contributed by atoms with Crippen LogP contribution < -0.4 is 16.0 Å². The highest BCUT2D eigenvalue weighted by atomic mass is 15.3. The van der Waals surface area contributed by atoms with Gasteiger partial charge < -0.3 is 20.9 Å². The first-order chi connectivity index (χ1) is 8.83. The maximum Gasteiger partial charge on any atom is 0.0368 e. The lowest BCUT2D eigenvalue weighted by Crippen LogP contribution is -2.46. The molecular formula is C14H24N4. The minimum atomic E-state index is 0.667. The van der Waals surface area contributed by atoms with Crippen LogP contribution in [-0.2, 0) is 0 Å². The Labute approximate surface area is 110 Å². The monoisotopic (exact) mass is 248 g/mol. The van der Waals surface area contributed by atoms with Crippen LogP contribution in [0.25, 0.3) is 0 Å². The predicted molar refractivity (Wildman–Crippen MR) is 78.3 cm³/mol. The van der Waals surface area contributed by atoms with Crippen LogP contribution in [0.4, 0.5) is 11.4 Å². The van der Waals surface area contributed by atoms with Crippen LogP contribution in [0.2, 0.25) is 0 Å². The summed E-state index contributed by atoms with van der Waals surface area (Å²) in [5.41, 5.74) is 7.95. The van der Waals surface area contributed by atoms with Gasteiger partial charge in [-0.05, 0) is 30.8 Å². The fourth-order valence-electron chi connectivity index (χ4n) is 2.33. The fourth-order valence-corrected chi connectivity index (χ4v) is 2.33. The van der Waals surface area contributed by atoms with Crippen LogP contribution in [-0.4, -0.2) is 50.7 Å². The van der Waals surface area contributed by atoms with Gasteiger partial charge in [-0.25, -0.2) is 0 Å². The average Bonchev–Trinajstić information content (AvgIpc) is 2.46. The average molecular weight is 248 g/mol. The maximum atomic E-state index is 5.47. The first-order valence-electron chi connectivity index (χ1n) is 6.85. The zero-order chi connectivity index (χ0) is 12.8. The number of nitrogens with zero attached hydrogens (tertiary/aromatic N) is 2. The number of hydrogen-bond donors (Lipinski definition) is 2. The standard InChI is InChI=1S/C14H24N4/c1-2-17-9-11-18(12-10-17)14-5-3-13(4-6-14)16-8-7-15/h3-6,16H,2,7-12,15H2,1H3. The molecule has 0 amide bonds. The molecule has 0 saturated carbocycles. The molecule has 1 saturated heterocycles. The van der Waals surface area contributed by atoms with Gasteiger partial charge in [0.15, 0.2) is 0 Å². The van der Waals surface area contributed by atoms with Crippen molar-refractivity contribution >= 4 is 11.4 Å². The highest BCUT2D eigenvalue weighted by Gasteiger charge is 2.15. The Morgan fingerprint density at radius 2 is 1.78 bits per heavy atom. The SMILES string of the molecule is CCN1CCN(c2ccc(NCCN)cc2)CC1. The van der Waals surface area contributed by atoms with Gasteiger partial charge in [-0.15, -0.1) is 0 Å². The molecule has 0 bridgehead atoms. The van der Waals surface area contributed by atoms with Gasteiger partial charge in [0.2, 0.25) is 0 Å². The van der Waals surface area contributed by atoms with E-state index in [1.54, 1.807) is 0 Å². The minimum Gasteiger partial charge on any atom is -0.384 e. The number of benzene rings is 1. The molecule has 0 unspecified atom stereocenters. The van der Waals surface area contributed by atoms with Gasteiger partial charge in [0.1, 0.15) is 0 Å². The number of likely N-dealkylation sites (N-methyl/N-ethyl adjacent to an activating group) is 1. The zero-order valence-electron chi connectivity index (χ0n) is 11.2. The molecule has 2 rings (SSSR count). The van der Waals surface area contributed by atoms with E-state index in [0.717, 1.165) is 31.9 Å². The normalized spacial score (nSPS) is 16.9. The Morgan fingerprint density at radius 1 is 1.11 bits per heavy atom. The lowest BCUT2D eigenvalue weighted by molar-refractivity contribution is 0.271. The number of hydrogen-bond acceptors (Lipinski definition) is 4. The largest absolute Gasteiger partial charge is 0.384 e. The predicted octanol–water partition coefficient (Wildman–Crippen LogP) is 1.20. The molecule has 0 aliphatic carbocycles. The molecule has 18 heavy (non-hydrogen) atoms. The number of nitrogens with two attached hydrogens (primary N) is 1. The zero-order valence-corrected chi connectivity index (χ0v) is 11.2. The van der Waals surface area contributed by atoms with Crippen molar-refractivity contribution in [3.63, 3.8) is 0 Å². The summed E-state index contributed by atoms with van der Waals surface area (Å²) in [5.74, 6) is 0. The molecule has 4 nitrogen and oxygen atoms in total. The molecule has 1 aliphatic heterocycles. The van der Waals surface area contributed by atoms with Gasteiger partial charge in [0.25, 0.3) is 0 Å². The van der Waals surface area contributed by atoms with Crippen molar-refractivity contribution < 1.29 is 0 Å². The Kier molecular flexibility index (Phi) is 4.84. The van der Waals surface area contributed by atoms with Gasteiger partial charge >= 0.3 is 0 Å². The molecule has 1 heterocycles. The molecule has 0 spiro atoms. The highest BCUT2D eigenvalue weighted by Crippen LogP contribution is 2.19. The molecule has 1 aromatic carbocycles. The van der Waals surface area contributed by atoms with Crippen molar-refractivity contribution in [2.45, 2.75) is 6.92 Å². The maximum absolute atomic E-state index is 5.47. The van der Waals surface area contributed by atoms with E-state index in [-0.39, 0.29) is 0 Å². The smallest absolute Gasteiger partial charge is 0.0368 e. The number of anilines is 2. The second-order valence-corrected chi connectivity index (χ2v) is 4.68. The van der Waals surface area contributed by atoms with Crippen LogP contribution in [0.1, 0.15) is 6.92 Å². The second-order valence-electron chi connectivity index (χ2n) is 4.68. The van der Waals surface area contributed by atoms with Crippen molar-refractivity contribution in [3.8, 4) is 0 Å². The van der Waals surface area contributed by atoms with Crippen LogP contribution >= 0.6 is 0 Å². The van der Waals surface area contributed by atoms with Gasteiger partial charge in [0, 0.05) is 50.6 Å². The summed E-state index contributed by atoms with van der Waals surface area (Å²) in [6.45, 7) is 9.48. The fraction of sp³-hybridized carbons (Fsp3) is 0.571. The van der Waals surface area contributed by atoms with Crippen LogP contribution in [0, 0.1) is 0 Å². The van der Waals surface area contributed by atoms with E-state index in [2.05, 4.69) is 46.3 Å². The van der Waals surface area contributed by atoms with E-state index in [0.29, 0.717) is 6.54 Å². The van der Waals surface area contributed by atoms with E-state index < -0.39 is 0 Å². The molecule has 100 valence electrons. The molecule has 1 aromatic rings. The summed E-state index contributed by atoms with van der Waals surface area (Å²) in [4.78, 5) is 4.95. The molecule has 1 fully saturated rings. The molecular weight excluding hydrogens is 224 g/mol. The lowest BCUT2D eigenvalue weighted by Gasteiger charge is -2.35. The molecule has 4 heteroatoms. The minimum absolute atomic E-state index is 0.667. The summed E-state index contributed by atoms with van der Waals surface area (Å²) in [6, 6.07) is 8.66. The van der Waals surface area contributed by atoms with E-state index >= 15 is 0 Å². The topological polar surface area (TPSA) is 44.5 Å². The van der Waals surface area contributed by atoms with Crippen molar-refractivity contribution in [1.82, 2.24) is 4.90 Å². The van der Waals surface area contributed by atoms with Gasteiger partial charge in [-0.3, -0.25) is 0 Å². The summed E-state index contributed by atoms with van der Waals surface area (Å²) < 4.78 is 0. The van der Waals surface area contributed by atoms with Gasteiger partial charge in [-0.2, -0.15) is 0 Å². The number of nitrogens with one attached hydrogen (secondary N) is 1. The Bertz CT molecular complexity index is 341. The van der Waals surface area contributed by atoms with Crippen molar-refractivity contribution in [2.24, 2.45) is 5.73 Å². The van der Waals surface area contributed by atoms with E-state index in [4.69, 9.17) is 5.73 Å². The molecule has 0 radical (unpaired) electrons. The van der Waals surface area contributed by atoms with Crippen LogP contribution in [0.15, 0.2) is 24.3 Å². The van der Waals surface area contributed by atoms with Gasteiger partial charge in [0.05, 0.1) is 0 Å². The summed E-state index contributed by atoms with van der Waals surface area (Å²) in [7, 11) is 0. The number of piperazine rings is 1. The first kappa shape index (κ1) is 13.2. The Morgan fingerprint density at radius 3 is 2.33 bits per heavy atom. The van der Waals surface area contributed by atoms with Crippen LogP contribution in [0.5, 0.6) is 0 Å². The van der Waals surface area contributed by atoms with Gasteiger partial charge in [-0.1, -0.05) is 6.92 Å². The quantitative estimate of drug-likeness (QED) is 0.822. The van der Waals surface area contributed by atoms with E-state index in [1.807, 2.05) is 0 Å². The summed E-state index contributed by atoms with van der Waals surface area (Å²) in [6.07, 6.45) is 0. The first-order valence-corrected chi connectivity index (χ1v) is 6.85. The number of rotatable bonds is 5. The summed E-state index contributed by atoms with van der Waals surface area (Å²) in [5, 5.41) is 3.29. The molecule has 3 N–H and O–H groups in total. The molecule has 0 atom stereocenters. The summed E-state index contributed by atoms with van der Waals surface area (Å²) >= 11 is 0. The third kappa shape index (κ3) is 3.37. The van der Waals surface area contributed by atoms with Crippen molar-refractivity contribution in [1.29, 1.82) is 0 Å². The van der Waals surface area contributed by atoms with E-state index in [9.17, 15) is 0 Å². The van der Waals surface area contributed by atoms with E-state index in [1.165, 1.54) is 18.8 Å². The molecule has 0 aromatic heterocycles. The lowest BCUT2D eigenvalue weighted by atomic mass is 10.2. The van der Waals surface area contributed by atoms with Crippen molar-refractivity contribution in [3.05, 3.63) is 24.3 Å². The molecule has 1 aliphatic rings.